The van der Waals surface area contributed by atoms with Crippen LogP contribution in [-0.2, 0) is 0 Å². The molecule has 0 aliphatic rings. The third kappa shape index (κ3) is 11.9. The summed E-state index contributed by atoms with van der Waals surface area (Å²) in [5.74, 6) is 0.654. The Hall–Kier alpha value is -16.0. The second kappa shape index (κ2) is 29.1. The summed E-state index contributed by atoms with van der Waals surface area (Å²) < 4.78 is 0. The van der Waals surface area contributed by atoms with Gasteiger partial charge in [0, 0.05) is 77.7 Å². The van der Waals surface area contributed by atoms with E-state index in [1.165, 1.54) is 109 Å². The minimum Gasteiger partial charge on any atom is -0.253 e. The summed E-state index contributed by atoms with van der Waals surface area (Å²) in [7, 11) is 0. The molecule has 24 rings (SSSR count). The van der Waals surface area contributed by atoms with E-state index in [4.69, 9.17) is 29.9 Å². The largest absolute Gasteiger partial charge is 0.253 e. The summed E-state index contributed by atoms with van der Waals surface area (Å²) in [6.45, 7) is 0. The van der Waals surface area contributed by atoms with Crippen molar-refractivity contribution in [2.75, 3.05) is 0 Å². The first-order valence-corrected chi connectivity index (χ1v) is 40.9. The third-order valence-corrected chi connectivity index (χ3v) is 24.2. The van der Waals surface area contributed by atoms with Gasteiger partial charge in [0.2, 0.25) is 0 Å². The topological polar surface area (TPSA) is 77.3 Å². The van der Waals surface area contributed by atoms with E-state index in [1.807, 2.05) is 18.3 Å². The number of hydrogen-bond donors (Lipinski definition) is 0. The molecule has 0 amide bonds. The highest BCUT2D eigenvalue weighted by molar-refractivity contribution is 6.28. The SMILES string of the molecule is c1ccc(-c2ccc(-c3cc(-c4cnc(-c5nc6ccccc6c6c5ccc5ccccc56)c5ccccc45)nc(-c4ccc(-c5ccccc5)cc4)n3)cc2)cc1.c1ccc2c(-c3c4ccccc4c(-c4cccc5ccccc45)c4cc(-c5cnc(-c6nc7ccccc7c7c6ccc6ccccc67)c6ccccc56)ccc34)cccc2c1. The summed E-state index contributed by atoms with van der Waals surface area (Å²) in [5, 5.41) is 25.8. The monoisotopic (exact) mass is 1520 g/mol. The van der Waals surface area contributed by atoms with Gasteiger partial charge in [-0.3, -0.25) is 9.97 Å². The molecule has 5 aromatic heterocycles. The van der Waals surface area contributed by atoms with Crippen LogP contribution in [0.2, 0.25) is 0 Å². The number of pyridine rings is 4. The molecule has 0 fully saturated rings. The molecule has 0 saturated heterocycles. The Bertz CT molecular complexity index is 8130. The molecule has 24 aromatic rings. The van der Waals surface area contributed by atoms with Crippen molar-refractivity contribution in [2.45, 2.75) is 0 Å². The fourth-order valence-corrected chi connectivity index (χ4v) is 18.6. The summed E-state index contributed by atoms with van der Waals surface area (Å²) in [6.07, 6.45) is 4.04. The van der Waals surface area contributed by atoms with Crippen LogP contribution in [0.25, 0.3) is 242 Å². The molecule has 0 aliphatic heterocycles. The van der Waals surface area contributed by atoms with Gasteiger partial charge in [-0.05, 0) is 150 Å². The maximum absolute atomic E-state index is 5.38. The minimum atomic E-state index is 0.654. The van der Waals surface area contributed by atoms with Gasteiger partial charge in [-0.2, -0.15) is 0 Å². The first-order chi connectivity index (χ1) is 59.5. The normalized spacial score (nSPS) is 11.7. The zero-order valence-electron chi connectivity index (χ0n) is 65.1. The maximum atomic E-state index is 5.38. The van der Waals surface area contributed by atoms with Crippen LogP contribution in [0.4, 0.5) is 0 Å². The fourth-order valence-electron chi connectivity index (χ4n) is 18.6. The predicted octanol–water partition coefficient (Wildman–Crippen LogP) is 30.3. The van der Waals surface area contributed by atoms with Crippen LogP contribution in [0.15, 0.2) is 425 Å². The summed E-state index contributed by atoms with van der Waals surface area (Å²) in [5.41, 5.74) is 21.7. The number of rotatable bonds is 10. The standard InChI is InChI=1S/C60H36N2.C54H34N4/c1-4-20-41-37(15-1)18-13-28-45(41)57-47-24-8-9-25-48(47)58(46-29-14-19-38-16-2-5-21-42(38)46)53-35-40(32-33-49(53)57)54-36-61-59(50-26-10-7-23-44(50)54)60-52-34-31-39-17-3-6-22-43(39)56(52)51-27-11-12-30-55(51)62-60;1-3-13-35(14-4-1)37-23-27-40(28-24-37)49-33-50(58-54(57-49)41-29-25-38(26-30-41)36-15-5-2-6-16-36)47-34-55-52(44-20-10-9-19-43(44)47)53-46-32-31-39-17-7-8-18-42(39)51(46)45-21-11-12-22-48(45)56-53/h1-36H;1-34H. The number of nitrogens with zero attached hydrogens (tertiary/aromatic N) is 6. The van der Waals surface area contributed by atoms with E-state index in [1.54, 1.807) is 0 Å². The van der Waals surface area contributed by atoms with Crippen LogP contribution in [0.5, 0.6) is 0 Å². The first kappa shape index (κ1) is 69.5. The molecule has 5 heterocycles. The molecule has 0 aliphatic carbocycles. The highest BCUT2D eigenvalue weighted by atomic mass is 14.9. The lowest BCUT2D eigenvalue weighted by Gasteiger charge is -2.21. The van der Waals surface area contributed by atoms with Crippen LogP contribution in [0.1, 0.15) is 0 Å². The smallest absolute Gasteiger partial charge is 0.160 e. The van der Waals surface area contributed by atoms with Gasteiger partial charge in [0.15, 0.2) is 5.82 Å². The molecule has 0 radical (unpaired) electrons. The number of aromatic nitrogens is 6. The molecular formula is C114H70N6. The molecule has 0 spiro atoms. The highest BCUT2D eigenvalue weighted by Crippen LogP contribution is 2.50. The van der Waals surface area contributed by atoms with E-state index in [2.05, 4.69) is 407 Å². The molecule has 0 bridgehead atoms. The van der Waals surface area contributed by atoms with E-state index in [-0.39, 0.29) is 0 Å². The van der Waals surface area contributed by atoms with Crippen LogP contribution >= 0.6 is 0 Å². The molecule has 0 atom stereocenters. The molecule has 0 saturated carbocycles. The van der Waals surface area contributed by atoms with Crippen molar-refractivity contribution in [2.24, 2.45) is 0 Å². The molecule has 0 N–H and O–H groups in total. The van der Waals surface area contributed by atoms with Crippen molar-refractivity contribution < 1.29 is 0 Å². The van der Waals surface area contributed by atoms with E-state index < -0.39 is 0 Å². The van der Waals surface area contributed by atoms with Gasteiger partial charge in [-0.25, -0.2) is 19.9 Å². The van der Waals surface area contributed by atoms with Crippen molar-refractivity contribution >= 4 is 130 Å². The van der Waals surface area contributed by atoms with Crippen LogP contribution in [0, 0.1) is 0 Å². The molecule has 0 unspecified atom stereocenters. The van der Waals surface area contributed by atoms with Crippen molar-refractivity contribution in [3.05, 3.63) is 425 Å². The molecule has 19 aromatic carbocycles. The Kier molecular flexibility index (Phi) is 16.8. The van der Waals surface area contributed by atoms with Gasteiger partial charge in [-0.1, -0.05) is 388 Å². The summed E-state index contributed by atoms with van der Waals surface area (Å²) >= 11 is 0. The Morgan fingerprint density at radius 3 is 1.01 bits per heavy atom. The van der Waals surface area contributed by atoms with Crippen molar-refractivity contribution in [1.82, 2.24) is 29.9 Å². The molecule has 6 heteroatoms. The van der Waals surface area contributed by atoms with Crippen LogP contribution in [-0.4, -0.2) is 29.9 Å². The Morgan fingerprint density at radius 2 is 0.500 bits per heavy atom. The van der Waals surface area contributed by atoms with E-state index in [0.29, 0.717) is 5.82 Å². The Balaban J connectivity index is 0.000000140. The quantitative estimate of drug-likeness (QED) is 0.100. The minimum absolute atomic E-state index is 0.654. The molecule has 556 valence electrons. The Morgan fingerprint density at radius 1 is 0.158 bits per heavy atom. The first-order valence-electron chi connectivity index (χ1n) is 40.9. The van der Waals surface area contributed by atoms with Gasteiger partial charge in [-0.15, -0.1) is 0 Å². The van der Waals surface area contributed by atoms with Crippen molar-refractivity contribution in [3.8, 4) is 112 Å². The van der Waals surface area contributed by atoms with Crippen molar-refractivity contribution in [3.63, 3.8) is 0 Å². The zero-order chi connectivity index (χ0) is 79.1. The molecule has 6 nitrogen and oxygen atoms in total. The summed E-state index contributed by atoms with van der Waals surface area (Å²) in [4.78, 5) is 31.8. The number of benzene rings is 19. The lowest BCUT2D eigenvalue weighted by Crippen LogP contribution is -1.99. The highest BCUT2D eigenvalue weighted by Gasteiger charge is 2.25. The lowest BCUT2D eigenvalue weighted by atomic mass is 9.82. The van der Waals surface area contributed by atoms with Crippen LogP contribution in [0.3, 0.4) is 0 Å². The van der Waals surface area contributed by atoms with Gasteiger partial charge < -0.3 is 0 Å². The molecule has 120 heavy (non-hydrogen) atoms. The van der Waals surface area contributed by atoms with Crippen LogP contribution < -0.4 is 0 Å². The summed E-state index contributed by atoms with van der Waals surface area (Å²) in [6, 6.07) is 147. The maximum Gasteiger partial charge on any atom is 0.160 e. The number of para-hydroxylation sites is 2. The molecular weight excluding hydrogens is 1450 g/mol. The van der Waals surface area contributed by atoms with E-state index in [9.17, 15) is 0 Å². The number of hydrogen-bond acceptors (Lipinski definition) is 6. The van der Waals surface area contributed by atoms with Crippen molar-refractivity contribution in [1.29, 1.82) is 0 Å². The fraction of sp³-hybridized carbons (Fsp3) is 0. The second-order valence-electron chi connectivity index (χ2n) is 31.0. The van der Waals surface area contributed by atoms with Gasteiger partial charge in [0.05, 0.1) is 45.2 Å². The van der Waals surface area contributed by atoms with E-state index >= 15 is 0 Å². The third-order valence-electron chi connectivity index (χ3n) is 24.2. The van der Waals surface area contributed by atoms with E-state index in [0.717, 1.165) is 127 Å². The lowest BCUT2D eigenvalue weighted by molar-refractivity contribution is 1.18. The van der Waals surface area contributed by atoms with Gasteiger partial charge in [0.1, 0.15) is 0 Å². The average Bonchev–Trinajstić information content (AvgIpc) is 0.714. The predicted molar refractivity (Wildman–Crippen MR) is 504 cm³/mol. The second-order valence-corrected chi connectivity index (χ2v) is 31.0. The zero-order valence-corrected chi connectivity index (χ0v) is 65.1. The van der Waals surface area contributed by atoms with Gasteiger partial charge >= 0.3 is 0 Å². The Labute approximate surface area is 692 Å². The van der Waals surface area contributed by atoms with Gasteiger partial charge in [0.25, 0.3) is 0 Å². The average molecular weight is 1520 g/mol. The number of fused-ring (bicyclic) bond motifs is 16.